The van der Waals surface area contributed by atoms with Gasteiger partial charge in [0.25, 0.3) is 0 Å². The number of rotatable bonds is 2. The molecule has 0 spiro atoms. The van der Waals surface area contributed by atoms with Gasteiger partial charge in [-0.3, -0.25) is 0 Å². The number of fused-ring (bicyclic) bond motifs is 1. The van der Waals surface area contributed by atoms with Gasteiger partial charge in [0.1, 0.15) is 5.82 Å². The average Bonchev–Trinajstić information content (AvgIpc) is 2.55. The summed E-state index contributed by atoms with van der Waals surface area (Å²) >= 11 is 5.91. The van der Waals surface area contributed by atoms with Gasteiger partial charge in [-0.1, -0.05) is 11.6 Å². The number of nitrogens with one attached hydrogen (secondary N) is 2. The predicted molar refractivity (Wildman–Crippen MR) is 67.7 cm³/mol. The molecule has 4 heteroatoms. The predicted octanol–water partition coefficient (Wildman–Crippen LogP) is 3.10. The lowest BCUT2D eigenvalue weighted by molar-refractivity contribution is 0.419. The molecule has 0 aliphatic heterocycles. The van der Waals surface area contributed by atoms with Gasteiger partial charge in [-0.2, -0.15) is 0 Å². The molecule has 0 saturated carbocycles. The molecule has 0 bridgehead atoms. The van der Waals surface area contributed by atoms with Crippen molar-refractivity contribution in [1.82, 2.24) is 15.3 Å². The first-order chi connectivity index (χ1) is 7.44. The summed E-state index contributed by atoms with van der Waals surface area (Å²) in [5, 5.41) is 4.10. The van der Waals surface area contributed by atoms with Crippen LogP contribution in [0.2, 0.25) is 5.02 Å². The first kappa shape index (κ1) is 11.4. The maximum Gasteiger partial charge on any atom is 0.121 e. The standard InChI is InChI=1S/C12H16ClN3/c1-12(2,3)14-7-11-15-9-5-4-8(13)6-10(9)16-11/h4-6,14H,7H2,1-3H3,(H,15,16). The van der Waals surface area contributed by atoms with E-state index >= 15 is 0 Å². The minimum absolute atomic E-state index is 0.0939. The Morgan fingerprint density at radius 2 is 2.12 bits per heavy atom. The monoisotopic (exact) mass is 237 g/mol. The van der Waals surface area contributed by atoms with Gasteiger partial charge in [0.05, 0.1) is 17.6 Å². The van der Waals surface area contributed by atoms with Crippen LogP contribution in [-0.4, -0.2) is 15.5 Å². The number of aromatic nitrogens is 2. The number of hydrogen-bond donors (Lipinski definition) is 2. The van der Waals surface area contributed by atoms with Crippen LogP contribution in [0.5, 0.6) is 0 Å². The third-order valence-corrected chi connectivity index (χ3v) is 2.52. The molecule has 2 rings (SSSR count). The lowest BCUT2D eigenvalue weighted by Crippen LogP contribution is -2.35. The van der Waals surface area contributed by atoms with Gasteiger partial charge in [0.15, 0.2) is 0 Å². The van der Waals surface area contributed by atoms with Gasteiger partial charge in [0.2, 0.25) is 0 Å². The molecule has 1 heterocycles. The van der Waals surface area contributed by atoms with E-state index in [1.807, 2.05) is 18.2 Å². The number of nitrogens with zero attached hydrogens (tertiary/aromatic N) is 1. The van der Waals surface area contributed by atoms with Crippen LogP contribution in [0.25, 0.3) is 11.0 Å². The van der Waals surface area contributed by atoms with Crippen molar-refractivity contribution in [3.05, 3.63) is 29.0 Å². The van der Waals surface area contributed by atoms with Gasteiger partial charge in [-0.25, -0.2) is 4.98 Å². The zero-order valence-electron chi connectivity index (χ0n) is 9.76. The molecule has 86 valence electrons. The van der Waals surface area contributed by atoms with Gasteiger partial charge in [-0.15, -0.1) is 0 Å². The summed E-state index contributed by atoms with van der Waals surface area (Å²) in [6.45, 7) is 7.13. The second-order valence-electron chi connectivity index (χ2n) is 4.95. The van der Waals surface area contributed by atoms with Crippen LogP contribution < -0.4 is 5.32 Å². The Kier molecular flexibility index (Phi) is 2.91. The molecule has 0 amide bonds. The van der Waals surface area contributed by atoms with Crippen molar-refractivity contribution < 1.29 is 0 Å². The van der Waals surface area contributed by atoms with E-state index in [2.05, 4.69) is 36.1 Å². The Bertz CT molecular complexity index is 496. The molecule has 0 unspecified atom stereocenters. The van der Waals surface area contributed by atoms with E-state index in [0.29, 0.717) is 5.02 Å². The Labute approximate surface area is 100 Å². The lowest BCUT2D eigenvalue weighted by atomic mass is 10.1. The van der Waals surface area contributed by atoms with E-state index < -0.39 is 0 Å². The van der Waals surface area contributed by atoms with Crippen molar-refractivity contribution in [2.24, 2.45) is 0 Å². The molecule has 1 aromatic carbocycles. The summed E-state index contributed by atoms with van der Waals surface area (Å²) in [6, 6.07) is 5.68. The number of aromatic amines is 1. The van der Waals surface area contributed by atoms with E-state index in [9.17, 15) is 0 Å². The van der Waals surface area contributed by atoms with Crippen LogP contribution in [0, 0.1) is 0 Å². The number of hydrogen-bond acceptors (Lipinski definition) is 2. The van der Waals surface area contributed by atoms with Crippen LogP contribution in [0.4, 0.5) is 0 Å². The molecular formula is C12H16ClN3. The third kappa shape index (κ3) is 2.74. The zero-order valence-corrected chi connectivity index (χ0v) is 10.5. The molecule has 1 aromatic heterocycles. The van der Waals surface area contributed by atoms with Gasteiger partial charge in [0, 0.05) is 10.6 Å². The summed E-state index contributed by atoms with van der Waals surface area (Å²) in [6.07, 6.45) is 0. The molecule has 0 fully saturated rings. The molecule has 0 aliphatic carbocycles. The fraction of sp³-hybridized carbons (Fsp3) is 0.417. The minimum Gasteiger partial charge on any atom is -0.341 e. The maximum atomic E-state index is 5.91. The van der Waals surface area contributed by atoms with E-state index in [1.54, 1.807) is 0 Å². The van der Waals surface area contributed by atoms with E-state index in [-0.39, 0.29) is 5.54 Å². The van der Waals surface area contributed by atoms with Crippen molar-refractivity contribution >= 4 is 22.6 Å². The number of halogens is 1. The lowest BCUT2D eigenvalue weighted by Gasteiger charge is -2.19. The molecule has 2 aromatic rings. The summed E-state index contributed by atoms with van der Waals surface area (Å²) in [5.74, 6) is 0.937. The van der Waals surface area contributed by atoms with Crippen molar-refractivity contribution in [2.75, 3.05) is 0 Å². The molecule has 2 N–H and O–H groups in total. The highest BCUT2D eigenvalue weighted by atomic mass is 35.5. The molecular weight excluding hydrogens is 222 g/mol. The highest BCUT2D eigenvalue weighted by molar-refractivity contribution is 6.31. The molecule has 0 atom stereocenters. The quantitative estimate of drug-likeness (QED) is 0.843. The second kappa shape index (κ2) is 4.07. The number of benzene rings is 1. The molecule has 16 heavy (non-hydrogen) atoms. The zero-order chi connectivity index (χ0) is 11.8. The molecule has 0 aliphatic rings. The Morgan fingerprint density at radius 3 is 2.81 bits per heavy atom. The molecule has 3 nitrogen and oxygen atoms in total. The van der Waals surface area contributed by atoms with Crippen molar-refractivity contribution in [1.29, 1.82) is 0 Å². The summed E-state index contributed by atoms with van der Waals surface area (Å²) in [4.78, 5) is 7.74. The van der Waals surface area contributed by atoms with E-state index in [1.165, 1.54) is 0 Å². The van der Waals surface area contributed by atoms with Crippen LogP contribution in [-0.2, 0) is 6.54 Å². The van der Waals surface area contributed by atoms with Crippen molar-refractivity contribution in [2.45, 2.75) is 32.9 Å². The SMILES string of the molecule is CC(C)(C)NCc1nc2cc(Cl)ccc2[nH]1. The van der Waals surface area contributed by atoms with Crippen molar-refractivity contribution in [3.63, 3.8) is 0 Å². The first-order valence-electron chi connectivity index (χ1n) is 5.33. The van der Waals surface area contributed by atoms with Crippen LogP contribution in [0.1, 0.15) is 26.6 Å². The van der Waals surface area contributed by atoms with Gasteiger partial charge >= 0.3 is 0 Å². The Morgan fingerprint density at radius 1 is 1.38 bits per heavy atom. The first-order valence-corrected chi connectivity index (χ1v) is 5.71. The fourth-order valence-electron chi connectivity index (χ4n) is 1.46. The Balaban J connectivity index is 2.20. The van der Waals surface area contributed by atoms with Crippen molar-refractivity contribution in [3.8, 4) is 0 Å². The third-order valence-electron chi connectivity index (χ3n) is 2.28. The smallest absolute Gasteiger partial charge is 0.121 e. The second-order valence-corrected chi connectivity index (χ2v) is 5.38. The topological polar surface area (TPSA) is 40.7 Å². The summed E-state index contributed by atoms with van der Waals surface area (Å²) in [5.41, 5.74) is 2.03. The number of imidazole rings is 1. The summed E-state index contributed by atoms with van der Waals surface area (Å²) < 4.78 is 0. The minimum atomic E-state index is 0.0939. The van der Waals surface area contributed by atoms with E-state index in [4.69, 9.17) is 11.6 Å². The number of H-pyrrole nitrogens is 1. The molecule has 0 saturated heterocycles. The van der Waals surface area contributed by atoms with Crippen LogP contribution >= 0.6 is 11.6 Å². The average molecular weight is 238 g/mol. The highest BCUT2D eigenvalue weighted by Crippen LogP contribution is 2.17. The molecule has 0 radical (unpaired) electrons. The highest BCUT2D eigenvalue weighted by Gasteiger charge is 2.10. The maximum absolute atomic E-state index is 5.91. The normalized spacial score (nSPS) is 12.2. The Hall–Kier alpha value is -1.06. The van der Waals surface area contributed by atoms with E-state index in [0.717, 1.165) is 23.4 Å². The largest absolute Gasteiger partial charge is 0.341 e. The van der Waals surface area contributed by atoms with Gasteiger partial charge in [-0.05, 0) is 39.0 Å². The van der Waals surface area contributed by atoms with Crippen LogP contribution in [0.15, 0.2) is 18.2 Å². The fourth-order valence-corrected chi connectivity index (χ4v) is 1.63. The van der Waals surface area contributed by atoms with Gasteiger partial charge < -0.3 is 10.3 Å². The van der Waals surface area contributed by atoms with Crippen LogP contribution in [0.3, 0.4) is 0 Å². The summed E-state index contributed by atoms with van der Waals surface area (Å²) in [7, 11) is 0.